The molecule has 0 spiro atoms. The summed E-state index contributed by atoms with van der Waals surface area (Å²) in [6.07, 6.45) is 4.06. The number of hydrogen-bond acceptors (Lipinski definition) is 4. The molecule has 1 aliphatic rings. The fourth-order valence-electron chi connectivity index (χ4n) is 2.69. The van der Waals surface area contributed by atoms with Crippen molar-refractivity contribution in [3.63, 3.8) is 0 Å². The first-order valence-electron chi connectivity index (χ1n) is 8.07. The summed E-state index contributed by atoms with van der Waals surface area (Å²) in [6.45, 7) is 6.32. The number of benzene rings is 1. The lowest BCUT2D eigenvalue weighted by Gasteiger charge is -2.12. The molecule has 2 heterocycles. The molecule has 24 heavy (non-hydrogen) atoms. The van der Waals surface area contributed by atoms with Crippen molar-refractivity contribution < 1.29 is 18.7 Å². The van der Waals surface area contributed by atoms with Crippen LogP contribution >= 0.6 is 0 Å². The van der Waals surface area contributed by atoms with Crippen LogP contribution in [0, 0.1) is 6.92 Å². The van der Waals surface area contributed by atoms with Gasteiger partial charge in [0.1, 0.15) is 29.1 Å². The van der Waals surface area contributed by atoms with E-state index in [9.17, 15) is 4.79 Å². The molecule has 0 saturated heterocycles. The van der Waals surface area contributed by atoms with Gasteiger partial charge in [0.2, 0.25) is 5.91 Å². The first kappa shape index (κ1) is 16.2. The molecule has 1 N–H and O–H groups in total. The minimum absolute atomic E-state index is 0.141. The molecular formula is C19H21NO4. The number of carbonyl (C=O) groups is 1. The second-order valence-corrected chi connectivity index (χ2v) is 5.79. The number of amides is 1. The lowest BCUT2D eigenvalue weighted by molar-refractivity contribution is -0.111. The zero-order chi connectivity index (χ0) is 17.1. The maximum Gasteiger partial charge on any atom is 0.248 e. The Morgan fingerprint density at radius 2 is 2.25 bits per heavy atom. The normalized spacial score (nSPS) is 16.0. The highest BCUT2D eigenvalue weighted by Gasteiger charge is 2.22. The van der Waals surface area contributed by atoms with E-state index in [2.05, 4.69) is 5.32 Å². The van der Waals surface area contributed by atoms with Gasteiger partial charge in [0.25, 0.3) is 0 Å². The van der Waals surface area contributed by atoms with Crippen molar-refractivity contribution in [1.82, 2.24) is 0 Å². The quantitative estimate of drug-likeness (QED) is 0.844. The molecule has 126 valence electrons. The first-order valence-corrected chi connectivity index (χ1v) is 8.07. The minimum atomic E-state index is -0.254. The molecular weight excluding hydrogens is 306 g/mol. The van der Waals surface area contributed by atoms with Gasteiger partial charge in [-0.15, -0.1) is 0 Å². The zero-order valence-corrected chi connectivity index (χ0v) is 14.1. The Morgan fingerprint density at radius 3 is 2.96 bits per heavy atom. The van der Waals surface area contributed by atoms with Gasteiger partial charge in [-0.3, -0.25) is 4.79 Å². The SMILES string of the molecule is CCOc1cc2c(cc1NC(=O)/C=C\c1ccc(C)o1)OC(C)C2. The smallest absolute Gasteiger partial charge is 0.248 e. The van der Waals surface area contributed by atoms with Gasteiger partial charge in [0.05, 0.1) is 12.3 Å². The topological polar surface area (TPSA) is 60.7 Å². The third-order valence-corrected chi connectivity index (χ3v) is 3.72. The molecule has 0 aliphatic carbocycles. The van der Waals surface area contributed by atoms with E-state index in [1.165, 1.54) is 6.08 Å². The average molecular weight is 327 g/mol. The molecule has 1 atom stereocenters. The predicted molar refractivity (Wildman–Crippen MR) is 92.5 cm³/mol. The van der Waals surface area contributed by atoms with Gasteiger partial charge in [-0.05, 0) is 45.0 Å². The van der Waals surface area contributed by atoms with E-state index in [0.717, 1.165) is 23.5 Å². The number of aryl methyl sites for hydroxylation is 1. The first-order chi connectivity index (χ1) is 11.5. The Kier molecular flexibility index (Phi) is 4.60. The highest BCUT2D eigenvalue weighted by Crippen LogP contribution is 2.38. The van der Waals surface area contributed by atoms with Crippen LogP contribution in [0.3, 0.4) is 0 Å². The van der Waals surface area contributed by atoms with Crippen molar-refractivity contribution >= 4 is 17.7 Å². The minimum Gasteiger partial charge on any atom is -0.492 e. The van der Waals surface area contributed by atoms with E-state index >= 15 is 0 Å². The van der Waals surface area contributed by atoms with E-state index in [1.807, 2.05) is 45.0 Å². The fraction of sp³-hybridized carbons (Fsp3) is 0.316. The number of furan rings is 1. The Labute approximate surface area is 141 Å². The van der Waals surface area contributed by atoms with Crippen LogP contribution in [0.15, 0.2) is 34.8 Å². The third-order valence-electron chi connectivity index (χ3n) is 3.72. The van der Waals surface area contributed by atoms with Crippen LogP contribution in [0.5, 0.6) is 11.5 Å². The molecule has 0 saturated carbocycles. The summed E-state index contributed by atoms with van der Waals surface area (Å²) in [5, 5.41) is 2.84. The Morgan fingerprint density at radius 1 is 1.42 bits per heavy atom. The highest BCUT2D eigenvalue weighted by atomic mass is 16.5. The second kappa shape index (κ2) is 6.83. The third kappa shape index (κ3) is 3.62. The summed E-state index contributed by atoms with van der Waals surface area (Å²) in [4.78, 5) is 12.2. The molecule has 2 aromatic rings. The van der Waals surface area contributed by atoms with Crippen molar-refractivity contribution in [2.45, 2.75) is 33.3 Å². The van der Waals surface area contributed by atoms with Crippen LogP contribution < -0.4 is 14.8 Å². The van der Waals surface area contributed by atoms with E-state index < -0.39 is 0 Å². The molecule has 1 aromatic carbocycles. The van der Waals surface area contributed by atoms with Crippen LogP contribution in [-0.4, -0.2) is 18.6 Å². The molecule has 0 fully saturated rings. The predicted octanol–water partition coefficient (Wildman–Crippen LogP) is 3.96. The van der Waals surface area contributed by atoms with Gasteiger partial charge in [-0.1, -0.05) is 0 Å². The lowest BCUT2D eigenvalue weighted by atomic mass is 10.1. The summed E-state index contributed by atoms with van der Waals surface area (Å²) in [6, 6.07) is 7.43. The van der Waals surface area contributed by atoms with E-state index in [4.69, 9.17) is 13.9 Å². The molecule has 0 radical (unpaired) electrons. The molecule has 1 aliphatic heterocycles. The Hall–Kier alpha value is -2.69. The van der Waals surface area contributed by atoms with Crippen LogP contribution in [-0.2, 0) is 11.2 Å². The number of nitrogens with one attached hydrogen (secondary N) is 1. The molecule has 0 bridgehead atoms. The van der Waals surface area contributed by atoms with Crippen LogP contribution in [0.4, 0.5) is 5.69 Å². The van der Waals surface area contributed by atoms with Crippen molar-refractivity contribution in [1.29, 1.82) is 0 Å². The van der Waals surface area contributed by atoms with E-state index in [1.54, 1.807) is 6.08 Å². The number of fused-ring (bicyclic) bond motifs is 1. The average Bonchev–Trinajstić information content (AvgIpc) is 3.10. The van der Waals surface area contributed by atoms with Gasteiger partial charge in [-0.25, -0.2) is 0 Å². The van der Waals surface area contributed by atoms with Gasteiger partial charge >= 0.3 is 0 Å². The van der Waals surface area contributed by atoms with Gasteiger partial charge in [0, 0.05) is 24.1 Å². The van der Waals surface area contributed by atoms with Gasteiger partial charge in [0.15, 0.2) is 0 Å². The summed E-state index contributed by atoms with van der Waals surface area (Å²) in [5.74, 6) is 2.64. The van der Waals surface area contributed by atoms with Crippen LogP contribution in [0.1, 0.15) is 30.9 Å². The van der Waals surface area contributed by atoms with Crippen molar-refractivity contribution in [2.24, 2.45) is 0 Å². The summed E-state index contributed by atoms with van der Waals surface area (Å²) in [7, 11) is 0. The fourth-order valence-corrected chi connectivity index (χ4v) is 2.69. The Bertz CT molecular complexity index is 776. The molecule has 5 nitrogen and oxygen atoms in total. The van der Waals surface area contributed by atoms with E-state index in [0.29, 0.717) is 23.8 Å². The monoisotopic (exact) mass is 327 g/mol. The molecule has 3 rings (SSSR count). The Balaban J connectivity index is 1.77. The maximum absolute atomic E-state index is 12.2. The molecule has 1 aromatic heterocycles. The number of rotatable bonds is 5. The van der Waals surface area contributed by atoms with Crippen LogP contribution in [0.2, 0.25) is 0 Å². The number of hydrogen-bond donors (Lipinski definition) is 1. The second-order valence-electron chi connectivity index (χ2n) is 5.79. The lowest BCUT2D eigenvalue weighted by Crippen LogP contribution is -2.10. The van der Waals surface area contributed by atoms with Gasteiger partial charge < -0.3 is 19.2 Å². The maximum atomic E-state index is 12.2. The number of ether oxygens (including phenoxy) is 2. The highest BCUT2D eigenvalue weighted by molar-refractivity contribution is 6.02. The standard InChI is InChI=1S/C19H21NO4/c1-4-22-18-10-14-9-13(3)24-17(14)11-16(18)20-19(21)8-7-15-6-5-12(2)23-15/h5-8,10-11,13H,4,9H2,1-3H3,(H,20,21)/b8-7-. The van der Waals surface area contributed by atoms with Crippen molar-refractivity contribution in [3.8, 4) is 11.5 Å². The van der Waals surface area contributed by atoms with E-state index in [-0.39, 0.29) is 12.0 Å². The van der Waals surface area contributed by atoms with Crippen molar-refractivity contribution in [3.05, 3.63) is 47.4 Å². The molecule has 1 unspecified atom stereocenters. The van der Waals surface area contributed by atoms with Crippen LogP contribution in [0.25, 0.3) is 6.08 Å². The summed E-state index contributed by atoms with van der Waals surface area (Å²) in [5.41, 5.74) is 1.71. The van der Waals surface area contributed by atoms with Gasteiger partial charge in [-0.2, -0.15) is 0 Å². The number of carbonyl (C=O) groups excluding carboxylic acids is 1. The van der Waals surface area contributed by atoms with Crippen molar-refractivity contribution in [2.75, 3.05) is 11.9 Å². The number of anilines is 1. The zero-order valence-electron chi connectivity index (χ0n) is 14.1. The largest absolute Gasteiger partial charge is 0.492 e. The molecule has 5 heteroatoms. The molecule has 1 amide bonds. The summed E-state index contributed by atoms with van der Waals surface area (Å²) >= 11 is 0. The summed E-state index contributed by atoms with van der Waals surface area (Å²) < 4.78 is 16.8.